The van der Waals surface area contributed by atoms with Gasteiger partial charge in [0.15, 0.2) is 0 Å². The number of hydrogen-bond acceptors (Lipinski definition) is 3. The summed E-state index contributed by atoms with van der Waals surface area (Å²) < 4.78 is 5.35. The number of halogens is 2. The molecule has 0 fully saturated rings. The lowest BCUT2D eigenvalue weighted by atomic mass is 9.84. The fourth-order valence-electron chi connectivity index (χ4n) is 2.54. The molecule has 0 saturated carbocycles. The third kappa shape index (κ3) is 4.27. The molecule has 0 radical (unpaired) electrons. The molecule has 0 aliphatic carbocycles. The summed E-state index contributed by atoms with van der Waals surface area (Å²) in [6.45, 7) is 5.94. The quantitative estimate of drug-likeness (QED) is 0.828. The highest BCUT2D eigenvalue weighted by Gasteiger charge is 2.33. The summed E-state index contributed by atoms with van der Waals surface area (Å²) in [5.41, 5.74) is 1.64. The van der Waals surface area contributed by atoms with E-state index in [1.807, 2.05) is 13.8 Å². The minimum atomic E-state index is -0.437. The predicted octanol–water partition coefficient (Wildman–Crippen LogP) is 4.07. The first kappa shape index (κ1) is 17.8. The molecule has 1 heterocycles. The average Bonchev–Trinajstić information content (AvgIpc) is 2.44. The highest BCUT2D eigenvalue weighted by atomic mass is 35.5. The normalized spacial score (nSPS) is 18.2. The van der Waals surface area contributed by atoms with E-state index in [-0.39, 0.29) is 18.2 Å². The number of nitrogens with one attached hydrogen (secondary N) is 1. The van der Waals surface area contributed by atoms with Gasteiger partial charge in [0.2, 0.25) is 5.91 Å². The standard InChI is InChI=1S/C17H19Cl2NO3/c1-9(2)8-23-17(22)16-10(3)20-15(21)7-13(16)12-5-4-11(18)6-14(12)19/h4-6,9,13H,7-8H2,1-3H3,(H,20,21). The van der Waals surface area contributed by atoms with Crippen LogP contribution in [0.3, 0.4) is 0 Å². The van der Waals surface area contributed by atoms with Gasteiger partial charge in [-0.2, -0.15) is 0 Å². The number of rotatable bonds is 4. The van der Waals surface area contributed by atoms with E-state index in [0.29, 0.717) is 33.5 Å². The molecule has 1 aromatic rings. The number of carbonyl (C=O) groups excluding carboxylic acids is 2. The van der Waals surface area contributed by atoms with Crippen molar-refractivity contribution in [2.45, 2.75) is 33.1 Å². The second kappa shape index (κ2) is 7.37. The van der Waals surface area contributed by atoms with Gasteiger partial charge in [0.25, 0.3) is 0 Å². The van der Waals surface area contributed by atoms with Crippen molar-refractivity contribution in [2.24, 2.45) is 5.92 Å². The van der Waals surface area contributed by atoms with E-state index in [0.717, 1.165) is 0 Å². The van der Waals surface area contributed by atoms with E-state index in [1.165, 1.54) is 0 Å². The zero-order chi connectivity index (χ0) is 17.1. The van der Waals surface area contributed by atoms with Crippen LogP contribution in [0, 0.1) is 5.92 Å². The maximum atomic E-state index is 12.5. The Morgan fingerprint density at radius 1 is 1.39 bits per heavy atom. The van der Waals surface area contributed by atoms with Gasteiger partial charge in [0, 0.05) is 28.1 Å². The molecular formula is C17H19Cl2NO3. The second-order valence-electron chi connectivity index (χ2n) is 6.00. The van der Waals surface area contributed by atoms with Crippen LogP contribution in [0.1, 0.15) is 38.7 Å². The lowest BCUT2D eigenvalue weighted by Crippen LogP contribution is -2.34. The van der Waals surface area contributed by atoms with E-state index in [4.69, 9.17) is 27.9 Å². The maximum absolute atomic E-state index is 12.5. The van der Waals surface area contributed by atoms with Gasteiger partial charge in [-0.15, -0.1) is 0 Å². The van der Waals surface area contributed by atoms with Gasteiger partial charge in [0.1, 0.15) is 0 Å². The molecule has 124 valence electrons. The Morgan fingerprint density at radius 2 is 2.09 bits per heavy atom. The number of esters is 1. The molecule has 1 aliphatic rings. The fraction of sp³-hybridized carbons (Fsp3) is 0.412. The monoisotopic (exact) mass is 355 g/mol. The molecule has 1 unspecified atom stereocenters. The molecule has 6 heteroatoms. The molecule has 1 aromatic carbocycles. The van der Waals surface area contributed by atoms with Crippen molar-refractivity contribution in [3.05, 3.63) is 45.1 Å². The Balaban J connectivity index is 2.40. The van der Waals surface area contributed by atoms with Crippen LogP contribution in [0.4, 0.5) is 0 Å². The van der Waals surface area contributed by atoms with Crippen LogP contribution in [0.5, 0.6) is 0 Å². The van der Waals surface area contributed by atoms with Crippen LogP contribution < -0.4 is 5.32 Å². The van der Waals surface area contributed by atoms with Crippen LogP contribution in [0.15, 0.2) is 29.5 Å². The van der Waals surface area contributed by atoms with Crippen LogP contribution in [-0.2, 0) is 14.3 Å². The second-order valence-corrected chi connectivity index (χ2v) is 6.85. The summed E-state index contributed by atoms with van der Waals surface area (Å²) in [6.07, 6.45) is 0.144. The first-order chi connectivity index (χ1) is 10.8. The topological polar surface area (TPSA) is 55.4 Å². The zero-order valence-electron chi connectivity index (χ0n) is 13.3. The summed E-state index contributed by atoms with van der Waals surface area (Å²) >= 11 is 12.2. The summed E-state index contributed by atoms with van der Waals surface area (Å²) in [6, 6.07) is 5.05. The zero-order valence-corrected chi connectivity index (χ0v) is 14.8. The SMILES string of the molecule is CC1=C(C(=O)OCC(C)C)C(c2ccc(Cl)cc2Cl)CC(=O)N1. The number of ether oxygens (including phenoxy) is 1. The Kier molecular flexibility index (Phi) is 5.71. The van der Waals surface area contributed by atoms with Gasteiger partial charge in [-0.3, -0.25) is 4.79 Å². The maximum Gasteiger partial charge on any atom is 0.336 e. The molecule has 1 N–H and O–H groups in total. The van der Waals surface area contributed by atoms with Gasteiger partial charge in [-0.05, 0) is 30.5 Å². The predicted molar refractivity (Wildman–Crippen MR) is 90.5 cm³/mol. The molecule has 1 aliphatic heterocycles. The molecule has 0 aromatic heterocycles. The van der Waals surface area contributed by atoms with Crippen molar-refractivity contribution in [3.8, 4) is 0 Å². The number of benzene rings is 1. The summed E-state index contributed by atoms with van der Waals surface area (Å²) in [4.78, 5) is 24.4. The Labute approximate surface area is 145 Å². The van der Waals surface area contributed by atoms with Gasteiger partial charge in [-0.25, -0.2) is 4.79 Å². The van der Waals surface area contributed by atoms with Gasteiger partial charge < -0.3 is 10.1 Å². The minimum Gasteiger partial charge on any atom is -0.462 e. The van der Waals surface area contributed by atoms with Crippen molar-refractivity contribution in [3.63, 3.8) is 0 Å². The van der Waals surface area contributed by atoms with Gasteiger partial charge >= 0.3 is 5.97 Å². The molecule has 2 rings (SSSR count). The van der Waals surface area contributed by atoms with Crippen molar-refractivity contribution in [1.29, 1.82) is 0 Å². The van der Waals surface area contributed by atoms with Gasteiger partial charge in [0.05, 0.1) is 12.2 Å². The molecule has 0 saturated heterocycles. The largest absolute Gasteiger partial charge is 0.462 e. The van der Waals surface area contributed by atoms with Crippen molar-refractivity contribution in [1.82, 2.24) is 5.32 Å². The highest BCUT2D eigenvalue weighted by molar-refractivity contribution is 6.35. The molecule has 0 spiro atoms. The Morgan fingerprint density at radius 3 is 2.70 bits per heavy atom. The smallest absolute Gasteiger partial charge is 0.336 e. The van der Waals surface area contributed by atoms with E-state index in [1.54, 1.807) is 25.1 Å². The van der Waals surface area contributed by atoms with Crippen LogP contribution in [-0.4, -0.2) is 18.5 Å². The Bertz CT molecular complexity index is 668. The van der Waals surface area contributed by atoms with Gasteiger partial charge in [-0.1, -0.05) is 43.1 Å². The number of allylic oxidation sites excluding steroid dienone is 1. The third-order valence-electron chi connectivity index (χ3n) is 3.57. The molecular weight excluding hydrogens is 337 g/mol. The van der Waals surface area contributed by atoms with Crippen LogP contribution >= 0.6 is 23.2 Å². The first-order valence-corrected chi connectivity index (χ1v) is 8.18. The van der Waals surface area contributed by atoms with E-state index < -0.39 is 11.9 Å². The average molecular weight is 356 g/mol. The van der Waals surface area contributed by atoms with E-state index in [2.05, 4.69) is 5.32 Å². The summed E-state index contributed by atoms with van der Waals surface area (Å²) in [7, 11) is 0. The number of amides is 1. The van der Waals surface area contributed by atoms with E-state index >= 15 is 0 Å². The molecule has 0 bridgehead atoms. The van der Waals surface area contributed by atoms with E-state index in [9.17, 15) is 9.59 Å². The fourth-order valence-corrected chi connectivity index (χ4v) is 3.08. The summed E-state index contributed by atoms with van der Waals surface area (Å²) in [5, 5.41) is 3.63. The molecule has 1 amide bonds. The van der Waals surface area contributed by atoms with Crippen LogP contribution in [0.25, 0.3) is 0 Å². The summed E-state index contributed by atoms with van der Waals surface area (Å²) in [5.74, 6) is -0.782. The van der Waals surface area contributed by atoms with Crippen molar-refractivity contribution < 1.29 is 14.3 Å². The van der Waals surface area contributed by atoms with Crippen molar-refractivity contribution >= 4 is 35.1 Å². The lowest BCUT2D eigenvalue weighted by Gasteiger charge is -2.27. The minimum absolute atomic E-state index is 0.144. The molecule has 4 nitrogen and oxygen atoms in total. The highest BCUT2D eigenvalue weighted by Crippen LogP contribution is 2.38. The lowest BCUT2D eigenvalue weighted by molar-refractivity contribution is -0.140. The van der Waals surface area contributed by atoms with Crippen LogP contribution in [0.2, 0.25) is 10.0 Å². The Hall–Kier alpha value is -1.52. The first-order valence-electron chi connectivity index (χ1n) is 7.42. The van der Waals surface area contributed by atoms with Crippen molar-refractivity contribution in [2.75, 3.05) is 6.61 Å². The molecule has 23 heavy (non-hydrogen) atoms. The number of hydrogen-bond donors (Lipinski definition) is 1. The molecule has 1 atom stereocenters. The number of carbonyl (C=O) groups is 2. The third-order valence-corrected chi connectivity index (χ3v) is 4.14.